The summed E-state index contributed by atoms with van der Waals surface area (Å²) in [5.41, 5.74) is 2.06. The van der Waals surface area contributed by atoms with Gasteiger partial charge in [-0.15, -0.1) is 11.8 Å². The maximum absolute atomic E-state index is 13.8. The summed E-state index contributed by atoms with van der Waals surface area (Å²) in [5.74, 6) is 0.0150. The number of hydrogen-bond donors (Lipinski definition) is 0. The standard InChI is InChI=1S/C27H25N3O4S2/c1-16(2)34-26(32)23-17(3)29-27-30(24(23)18-9-11-20(35-4)12-10-18)25(31)22(36-27)15-19-7-5-6-8-21(19)33-14-13-28/h5-12,15-16,24H,14H2,1-4H3/b22-15-/t24-/m0/s1. The molecule has 0 spiro atoms. The number of nitrogens with zero attached hydrogens (tertiary/aromatic N) is 3. The first kappa shape index (κ1) is 25.5. The van der Waals surface area contributed by atoms with Crippen molar-refractivity contribution in [1.29, 1.82) is 5.26 Å². The average Bonchev–Trinajstić information content (AvgIpc) is 3.16. The van der Waals surface area contributed by atoms with Gasteiger partial charge in [0.1, 0.15) is 11.8 Å². The molecule has 0 radical (unpaired) electrons. The lowest BCUT2D eigenvalue weighted by molar-refractivity contribution is -0.143. The maximum atomic E-state index is 13.8. The Morgan fingerprint density at radius 2 is 1.97 bits per heavy atom. The molecule has 1 aromatic heterocycles. The van der Waals surface area contributed by atoms with Crippen molar-refractivity contribution < 1.29 is 14.3 Å². The monoisotopic (exact) mass is 519 g/mol. The molecule has 1 atom stereocenters. The summed E-state index contributed by atoms with van der Waals surface area (Å²) >= 11 is 2.86. The number of rotatable bonds is 7. The van der Waals surface area contributed by atoms with E-state index in [1.165, 1.54) is 11.3 Å². The SMILES string of the molecule is CSc1ccc([C@H]2C(C(=O)OC(C)C)=C(C)N=c3s/c(=C\c4ccccc4OCC#N)c(=O)n32)cc1. The number of carbonyl (C=O) groups is 1. The number of benzene rings is 2. The molecule has 3 aromatic rings. The van der Waals surface area contributed by atoms with Gasteiger partial charge in [0.15, 0.2) is 11.4 Å². The number of allylic oxidation sites excluding steroid dienone is 1. The molecule has 0 bridgehead atoms. The lowest BCUT2D eigenvalue weighted by Crippen LogP contribution is -2.40. The fraction of sp³-hybridized carbons (Fsp3) is 0.259. The first-order chi connectivity index (χ1) is 17.3. The second-order valence-electron chi connectivity index (χ2n) is 8.29. The molecule has 2 aromatic carbocycles. The molecule has 0 amide bonds. The smallest absolute Gasteiger partial charge is 0.338 e. The molecule has 0 unspecified atom stereocenters. The molecule has 0 N–H and O–H groups in total. The fourth-order valence-corrected chi connectivity index (χ4v) is 5.39. The minimum Gasteiger partial charge on any atom is -0.478 e. The lowest BCUT2D eigenvalue weighted by atomic mass is 9.96. The molecule has 0 saturated heterocycles. The van der Waals surface area contributed by atoms with E-state index in [1.807, 2.05) is 48.7 Å². The zero-order valence-corrected chi connectivity index (χ0v) is 22.0. The van der Waals surface area contributed by atoms with E-state index in [0.717, 1.165) is 10.5 Å². The Bertz CT molecular complexity index is 1540. The zero-order chi connectivity index (χ0) is 25.8. The van der Waals surface area contributed by atoms with E-state index >= 15 is 0 Å². The summed E-state index contributed by atoms with van der Waals surface area (Å²) in [6.07, 6.45) is 3.41. The second-order valence-corrected chi connectivity index (χ2v) is 10.2. The van der Waals surface area contributed by atoms with Crippen LogP contribution >= 0.6 is 23.1 Å². The van der Waals surface area contributed by atoms with Gasteiger partial charge in [0.2, 0.25) is 0 Å². The molecule has 7 nitrogen and oxygen atoms in total. The number of ether oxygens (including phenoxy) is 2. The molecule has 2 heterocycles. The third-order valence-electron chi connectivity index (χ3n) is 5.51. The van der Waals surface area contributed by atoms with Crippen LogP contribution in [0, 0.1) is 11.3 Å². The van der Waals surface area contributed by atoms with Gasteiger partial charge in [0.05, 0.1) is 27.9 Å². The highest BCUT2D eigenvalue weighted by molar-refractivity contribution is 7.98. The summed E-state index contributed by atoms with van der Waals surface area (Å²) in [6, 6.07) is 16.3. The Balaban J connectivity index is 1.91. The predicted molar refractivity (Wildman–Crippen MR) is 141 cm³/mol. The van der Waals surface area contributed by atoms with Crippen molar-refractivity contribution in [2.24, 2.45) is 4.99 Å². The number of para-hydroxylation sites is 1. The Morgan fingerprint density at radius 3 is 2.64 bits per heavy atom. The number of thiazole rings is 1. The molecule has 0 saturated carbocycles. The average molecular weight is 520 g/mol. The summed E-state index contributed by atoms with van der Waals surface area (Å²) in [7, 11) is 0. The second kappa shape index (κ2) is 11.0. The van der Waals surface area contributed by atoms with Crippen molar-refractivity contribution >= 4 is 35.1 Å². The first-order valence-electron chi connectivity index (χ1n) is 11.3. The number of thioether (sulfide) groups is 1. The molecule has 36 heavy (non-hydrogen) atoms. The van der Waals surface area contributed by atoms with Crippen LogP contribution in [-0.2, 0) is 9.53 Å². The summed E-state index contributed by atoms with van der Waals surface area (Å²) in [4.78, 5) is 33.1. The van der Waals surface area contributed by atoms with Crippen LogP contribution in [0.4, 0.5) is 0 Å². The van der Waals surface area contributed by atoms with E-state index in [0.29, 0.717) is 31.9 Å². The van der Waals surface area contributed by atoms with Crippen LogP contribution in [0.15, 0.2) is 74.5 Å². The van der Waals surface area contributed by atoms with Gasteiger partial charge in [0, 0.05) is 10.5 Å². The third kappa shape index (κ3) is 5.15. The minimum absolute atomic E-state index is 0.0985. The molecule has 0 fully saturated rings. The summed E-state index contributed by atoms with van der Waals surface area (Å²) in [5, 5.41) is 8.89. The van der Waals surface area contributed by atoms with Crippen LogP contribution in [0.1, 0.15) is 37.9 Å². The molecular weight excluding hydrogens is 494 g/mol. The molecule has 1 aliphatic rings. The Hall–Kier alpha value is -3.61. The molecule has 184 valence electrons. The van der Waals surface area contributed by atoms with E-state index < -0.39 is 12.0 Å². The van der Waals surface area contributed by atoms with Crippen LogP contribution in [-0.4, -0.2) is 29.5 Å². The molecule has 1 aliphatic heterocycles. The van der Waals surface area contributed by atoms with E-state index in [1.54, 1.807) is 55.3 Å². The normalized spacial score (nSPS) is 15.3. The Kier molecular flexibility index (Phi) is 7.77. The van der Waals surface area contributed by atoms with Crippen molar-refractivity contribution in [3.8, 4) is 11.8 Å². The van der Waals surface area contributed by atoms with Gasteiger partial charge < -0.3 is 9.47 Å². The molecule has 0 aliphatic carbocycles. The van der Waals surface area contributed by atoms with Crippen LogP contribution in [0.5, 0.6) is 5.75 Å². The lowest BCUT2D eigenvalue weighted by Gasteiger charge is -2.25. The number of hydrogen-bond acceptors (Lipinski definition) is 8. The Labute approximate surface area is 217 Å². The van der Waals surface area contributed by atoms with Gasteiger partial charge in [0.25, 0.3) is 5.56 Å². The van der Waals surface area contributed by atoms with E-state index in [9.17, 15) is 9.59 Å². The van der Waals surface area contributed by atoms with Crippen molar-refractivity contribution in [2.75, 3.05) is 12.9 Å². The zero-order valence-electron chi connectivity index (χ0n) is 20.3. The largest absolute Gasteiger partial charge is 0.478 e. The number of fused-ring (bicyclic) bond motifs is 1. The van der Waals surface area contributed by atoms with Gasteiger partial charge in [-0.1, -0.05) is 41.7 Å². The number of carbonyl (C=O) groups excluding carboxylic acids is 1. The van der Waals surface area contributed by atoms with Crippen LogP contribution in [0.25, 0.3) is 6.08 Å². The maximum Gasteiger partial charge on any atom is 0.338 e. The summed E-state index contributed by atoms with van der Waals surface area (Å²) < 4.78 is 13.1. The minimum atomic E-state index is -0.671. The number of esters is 1. The molecule has 9 heteroatoms. The Morgan fingerprint density at radius 1 is 1.25 bits per heavy atom. The third-order valence-corrected chi connectivity index (χ3v) is 7.24. The number of nitriles is 1. The van der Waals surface area contributed by atoms with Gasteiger partial charge in [-0.2, -0.15) is 5.26 Å². The highest BCUT2D eigenvalue weighted by atomic mass is 32.2. The first-order valence-corrected chi connectivity index (χ1v) is 13.3. The van der Waals surface area contributed by atoms with Gasteiger partial charge in [-0.3, -0.25) is 9.36 Å². The predicted octanol–water partition coefficient (Wildman–Crippen LogP) is 3.81. The van der Waals surface area contributed by atoms with Crippen molar-refractivity contribution in [3.63, 3.8) is 0 Å². The number of aromatic nitrogens is 1. The van der Waals surface area contributed by atoms with Crippen LogP contribution in [0.2, 0.25) is 0 Å². The van der Waals surface area contributed by atoms with Gasteiger partial charge in [-0.25, -0.2) is 9.79 Å². The van der Waals surface area contributed by atoms with E-state index in [4.69, 9.17) is 14.7 Å². The fourth-order valence-electron chi connectivity index (χ4n) is 3.94. The highest BCUT2D eigenvalue weighted by Crippen LogP contribution is 2.32. The van der Waals surface area contributed by atoms with E-state index in [2.05, 4.69) is 4.99 Å². The van der Waals surface area contributed by atoms with Crippen molar-refractivity contribution in [3.05, 3.63) is 90.6 Å². The van der Waals surface area contributed by atoms with Crippen molar-refractivity contribution in [1.82, 2.24) is 4.57 Å². The molecular formula is C27H25N3O4S2. The van der Waals surface area contributed by atoms with Crippen LogP contribution < -0.4 is 19.6 Å². The topological polar surface area (TPSA) is 93.7 Å². The van der Waals surface area contributed by atoms with Crippen LogP contribution in [0.3, 0.4) is 0 Å². The molecule has 4 rings (SSSR count). The van der Waals surface area contributed by atoms with Crippen molar-refractivity contribution in [2.45, 2.75) is 37.8 Å². The van der Waals surface area contributed by atoms with Gasteiger partial charge in [-0.05, 0) is 56.9 Å². The highest BCUT2D eigenvalue weighted by Gasteiger charge is 2.33. The van der Waals surface area contributed by atoms with Gasteiger partial charge >= 0.3 is 5.97 Å². The summed E-state index contributed by atoms with van der Waals surface area (Å²) in [6.45, 7) is 5.25. The van der Waals surface area contributed by atoms with E-state index in [-0.39, 0.29) is 18.3 Å². The quantitative estimate of drug-likeness (QED) is 0.348.